The molecule has 0 fully saturated rings. The van der Waals surface area contributed by atoms with Crippen molar-refractivity contribution in [3.8, 4) is 0 Å². The molecule has 1 aromatic carbocycles. The Labute approximate surface area is 144 Å². The Morgan fingerprint density at radius 3 is 2.04 bits per heavy atom. The summed E-state index contributed by atoms with van der Waals surface area (Å²) in [5.41, 5.74) is 4.71. The van der Waals surface area contributed by atoms with Crippen molar-refractivity contribution in [2.45, 2.75) is 96.8 Å². The normalized spacial score (nSPS) is 13.7. The van der Waals surface area contributed by atoms with Gasteiger partial charge in [-0.2, -0.15) is 0 Å². The molecule has 1 aliphatic rings. The zero-order chi connectivity index (χ0) is 16.2. The number of rotatable bonds is 12. The smallest absolute Gasteiger partial charge is 0.0195 e. The van der Waals surface area contributed by atoms with Gasteiger partial charge in [-0.3, -0.25) is 0 Å². The van der Waals surface area contributed by atoms with Gasteiger partial charge in [0.1, 0.15) is 0 Å². The molecule has 0 heterocycles. The third-order valence-corrected chi connectivity index (χ3v) is 5.22. The molecule has 2 rings (SSSR count). The van der Waals surface area contributed by atoms with Gasteiger partial charge in [0.15, 0.2) is 0 Å². The van der Waals surface area contributed by atoms with E-state index in [2.05, 4.69) is 37.3 Å². The molecule has 1 aromatic rings. The molecular formula is C23H36. The zero-order valence-corrected chi connectivity index (χ0v) is 15.3. The van der Waals surface area contributed by atoms with Crippen LogP contribution in [-0.4, -0.2) is 0 Å². The Kier molecular flexibility index (Phi) is 9.14. The Morgan fingerprint density at radius 1 is 0.739 bits per heavy atom. The van der Waals surface area contributed by atoms with Crippen molar-refractivity contribution < 1.29 is 0 Å². The van der Waals surface area contributed by atoms with Crippen LogP contribution in [0.2, 0.25) is 0 Å². The first-order valence-electron chi connectivity index (χ1n) is 10.2. The van der Waals surface area contributed by atoms with Crippen molar-refractivity contribution in [1.82, 2.24) is 0 Å². The third-order valence-electron chi connectivity index (χ3n) is 5.22. The summed E-state index contributed by atoms with van der Waals surface area (Å²) in [7, 11) is 0. The van der Waals surface area contributed by atoms with Gasteiger partial charge >= 0.3 is 0 Å². The minimum atomic E-state index is 1.23. The molecule has 0 saturated carbocycles. The molecular weight excluding hydrogens is 276 g/mol. The second-order valence-corrected chi connectivity index (χ2v) is 7.21. The highest BCUT2D eigenvalue weighted by molar-refractivity contribution is 5.69. The first kappa shape index (κ1) is 18.3. The fourth-order valence-corrected chi connectivity index (χ4v) is 3.78. The third kappa shape index (κ3) is 6.94. The summed E-state index contributed by atoms with van der Waals surface area (Å²) >= 11 is 0. The van der Waals surface area contributed by atoms with Crippen LogP contribution < -0.4 is 0 Å². The zero-order valence-electron chi connectivity index (χ0n) is 15.3. The Bertz CT molecular complexity index is 455. The number of unbranched alkanes of at least 4 members (excludes halogenated alkanes) is 10. The van der Waals surface area contributed by atoms with Crippen molar-refractivity contribution in [3.05, 3.63) is 41.5 Å². The molecule has 0 aromatic heterocycles. The monoisotopic (exact) mass is 312 g/mol. The van der Waals surface area contributed by atoms with Gasteiger partial charge in [0.25, 0.3) is 0 Å². The first-order chi connectivity index (χ1) is 11.4. The van der Waals surface area contributed by atoms with Crippen molar-refractivity contribution in [2.75, 3.05) is 0 Å². The van der Waals surface area contributed by atoms with E-state index in [1.54, 1.807) is 11.1 Å². The van der Waals surface area contributed by atoms with Crippen molar-refractivity contribution in [1.29, 1.82) is 0 Å². The van der Waals surface area contributed by atoms with Crippen LogP contribution in [0.25, 0.3) is 5.57 Å². The lowest BCUT2D eigenvalue weighted by Crippen LogP contribution is -1.99. The number of hydrogen-bond acceptors (Lipinski definition) is 0. The summed E-state index contributed by atoms with van der Waals surface area (Å²) in [6, 6.07) is 9.00. The number of hydrogen-bond donors (Lipinski definition) is 0. The summed E-state index contributed by atoms with van der Waals surface area (Å²) in [5.74, 6) is 0. The van der Waals surface area contributed by atoms with Crippen LogP contribution in [-0.2, 0) is 6.42 Å². The maximum absolute atomic E-state index is 2.48. The largest absolute Gasteiger partial charge is 0.0804 e. The predicted molar refractivity (Wildman–Crippen MR) is 104 cm³/mol. The van der Waals surface area contributed by atoms with Crippen LogP contribution >= 0.6 is 0 Å². The van der Waals surface area contributed by atoms with E-state index in [4.69, 9.17) is 0 Å². The highest BCUT2D eigenvalue weighted by Crippen LogP contribution is 2.30. The molecule has 1 aliphatic carbocycles. The summed E-state index contributed by atoms with van der Waals surface area (Å²) < 4.78 is 0. The van der Waals surface area contributed by atoms with Gasteiger partial charge in [0.05, 0.1) is 0 Å². The van der Waals surface area contributed by atoms with E-state index in [-0.39, 0.29) is 0 Å². The molecule has 0 radical (unpaired) electrons. The molecule has 0 heteroatoms. The van der Waals surface area contributed by atoms with E-state index in [0.717, 1.165) is 0 Å². The maximum atomic E-state index is 2.48. The molecule has 0 saturated heterocycles. The van der Waals surface area contributed by atoms with Crippen LogP contribution in [0.4, 0.5) is 0 Å². The van der Waals surface area contributed by atoms with Crippen molar-refractivity contribution >= 4 is 5.57 Å². The van der Waals surface area contributed by atoms with Gasteiger partial charge in [0.2, 0.25) is 0 Å². The SMILES string of the molecule is CCCCCCCCCCCCCC1=CCCc2ccccc21. The van der Waals surface area contributed by atoms with E-state index in [1.165, 1.54) is 95.5 Å². The standard InChI is InChI=1S/C23H36/c1-2-3-4-5-6-7-8-9-10-11-12-16-21-18-15-19-22-17-13-14-20-23(21)22/h13-14,17-18,20H,2-12,15-16,19H2,1H3. The lowest BCUT2D eigenvalue weighted by atomic mass is 9.88. The summed E-state index contributed by atoms with van der Waals surface area (Å²) in [6.45, 7) is 2.29. The van der Waals surface area contributed by atoms with Crippen LogP contribution in [0.5, 0.6) is 0 Å². The number of benzene rings is 1. The summed E-state index contributed by atoms with van der Waals surface area (Å²) in [4.78, 5) is 0. The second kappa shape index (κ2) is 11.5. The Morgan fingerprint density at radius 2 is 1.35 bits per heavy atom. The maximum Gasteiger partial charge on any atom is -0.0195 e. The van der Waals surface area contributed by atoms with Crippen LogP contribution in [0.15, 0.2) is 30.3 Å². The fraction of sp³-hybridized carbons (Fsp3) is 0.652. The average Bonchev–Trinajstić information content (AvgIpc) is 2.60. The summed E-state index contributed by atoms with van der Waals surface area (Å²) in [5, 5.41) is 0. The topological polar surface area (TPSA) is 0 Å². The highest BCUT2D eigenvalue weighted by Gasteiger charge is 2.10. The minimum Gasteiger partial charge on any atom is -0.0804 e. The average molecular weight is 313 g/mol. The van der Waals surface area contributed by atoms with Crippen molar-refractivity contribution in [3.63, 3.8) is 0 Å². The first-order valence-corrected chi connectivity index (χ1v) is 10.2. The quantitative estimate of drug-likeness (QED) is 0.346. The molecule has 0 amide bonds. The van der Waals surface area contributed by atoms with Gasteiger partial charge in [0, 0.05) is 0 Å². The van der Waals surface area contributed by atoms with Crippen LogP contribution in [0.1, 0.15) is 102 Å². The van der Waals surface area contributed by atoms with Gasteiger partial charge in [-0.15, -0.1) is 0 Å². The molecule has 0 bridgehead atoms. The molecule has 128 valence electrons. The van der Waals surface area contributed by atoms with E-state index in [9.17, 15) is 0 Å². The Hall–Kier alpha value is -1.04. The number of aryl methyl sites for hydroxylation is 1. The second-order valence-electron chi connectivity index (χ2n) is 7.21. The molecule has 0 N–H and O–H groups in total. The number of allylic oxidation sites excluding steroid dienone is 2. The van der Waals surface area contributed by atoms with Gasteiger partial charge < -0.3 is 0 Å². The van der Waals surface area contributed by atoms with E-state index < -0.39 is 0 Å². The highest BCUT2D eigenvalue weighted by atomic mass is 14.2. The van der Waals surface area contributed by atoms with Crippen molar-refractivity contribution in [2.24, 2.45) is 0 Å². The minimum absolute atomic E-state index is 1.23. The van der Waals surface area contributed by atoms with Gasteiger partial charge in [-0.25, -0.2) is 0 Å². The van der Waals surface area contributed by atoms with E-state index in [1.807, 2.05) is 0 Å². The van der Waals surface area contributed by atoms with E-state index in [0.29, 0.717) is 0 Å². The van der Waals surface area contributed by atoms with E-state index >= 15 is 0 Å². The van der Waals surface area contributed by atoms with Gasteiger partial charge in [-0.1, -0.05) is 101 Å². The lowest BCUT2D eigenvalue weighted by molar-refractivity contribution is 0.551. The fourth-order valence-electron chi connectivity index (χ4n) is 3.78. The molecule has 23 heavy (non-hydrogen) atoms. The van der Waals surface area contributed by atoms with Crippen LogP contribution in [0.3, 0.4) is 0 Å². The van der Waals surface area contributed by atoms with Crippen LogP contribution in [0, 0.1) is 0 Å². The predicted octanol–water partition coefficient (Wildman–Crippen LogP) is 7.72. The molecule has 0 unspecified atom stereocenters. The lowest BCUT2D eigenvalue weighted by Gasteiger charge is -2.17. The molecule has 0 aliphatic heterocycles. The summed E-state index contributed by atoms with van der Waals surface area (Å²) in [6.07, 6.45) is 22.0. The molecule has 0 atom stereocenters. The van der Waals surface area contributed by atoms with Gasteiger partial charge in [-0.05, 0) is 42.4 Å². The molecule has 0 nitrogen and oxygen atoms in total. The number of fused-ring (bicyclic) bond motifs is 1. The Balaban J connectivity index is 1.49. The molecule has 0 spiro atoms.